The smallest absolute Gasteiger partial charge is 0.226 e. The van der Waals surface area contributed by atoms with Crippen LogP contribution in [0.25, 0.3) is 11.0 Å². The molecule has 2 bridgehead atoms. The monoisotopic (exact) mass is 355 g/mol. The van der Waals surface area contributed by atoms with Gasteiger partial charge in [0.1, 0.15) is 0 Å². The normalized spacial score (nSPS) is 24.4. The van der Waals surface area contributed by atoms with Crippen LogP contribution in [0, 0.1) is 17.8 Å². The van der Waals surface area contributed by atoms with E-state index in [1.165, 1.54) is 25.7 Å². The van der Waals surface area contributed by atoms with Crippen LogP contribution in [0.3, 0.4) is 0 Å². The number of nitrogens with one attached hydrogen (secondary N) is 1. The van der Waals surface area contributed by atoms with Gasteiger partial charge in [-0.05, 0) is 62.5 Å². The lowest BCUT2D eigenvalue weighted by molar-refractivity contribution is -0.117. The molecule has 1 aromatic heterocycles. The maximum atomic E-state index is 12.7. The number of rotatable bonds is 8. The standard InChI is InChI=1S/C21H29N3O2/c1-2-26-11-5-10-24-19-7-4-3-6-18(19)22-21(24)23-20(25)14-17-13-15-8-9-16(17)12-15/h3-4,6-7,15-17H,2,5,8-14H2,1H3,(H,22,23,25). The van der Waals surface area contributed by atoms with E-state index in [9.17, 15) is 4.79 Å². The zero-order chi connectivity index (χ0) is 17.9. The minimum atomic E-state index is 0.115. The molecule has 1 aromatic carbocycles. The van der Waals surface area contributed by atoms with Crippen LogP contribution in [-0.2, 0) is 16.1 Å². The highest BCUT2D eigenvalue weighted by Crippen LogP contribution is 2.49. The first-order chi connectivity index (χ1) is 12.7. The first-order valence-corrected chi connectivity index (χ1v) is 10.1. The second-order valence-electron chi connectivity index (χ2n) is 7.81. The molecule has 1 N–H and O–H groups in total. The van der Waals surface area contributed by atoms with E-state index in [1.54, 1.807) is 0 Å². The molecule has 0 spiro atoms. The summed E-state index contributed by atoms with van der Waals surface area (Å²) < 4.78 is 7.58. The number of aryl methyl sites for hydroxylation is 1. The van der Waals surface area contributed by atoms with Crippen LogP contribution in [-0.4, -0.2) is 28.7 Å². The van der Waals surface area contributed by atoms with Crippen molar-refractivity contribution in [1.29, 1.82) is 0 Å². The van der Waals surface area contributed by atoms with Crippen molar-refractivity contribution in [2.24, 2.45) is 17.8 Å². The van der Waals surface area contributed by atoms with Gasteiger partial charge in [-0.1, -0.05) is 18.6 Å². The first kappa shape index (κ1) is 17.5. The van der Waals surface area contributed by atoms with E-state index in [1.807, 2.05) is 25.1 Å². The SMILES string of the molecule is CCOCCCn1c(NC(=O)CC2CC3CCC2C3)nc2ccccc21. The summed E-state index contributed by atoms with van der Waals surface area (Å²) in [5.74, 6) is 3.01. The van der Waals surface area contributed by atoms with E-state index < -0.39 is 0 Å². The fourth-order valence-corrected chi connectivity index (χ4v) is 4.91. The maximum absolute atomic E-state index is 12.7. The third kappa shape index (κ3) is 3.63. The molecule has 3 unspecified atom stereocenters. The number of ether oxygens (including phenoxy) is 1. The molecule has 2 aromatic rings. The predicted molar refractivity (Wildman–Crippen MR) is 103 cm³/mol. The number of anilines is 1. The number of fused-ring (bicyclic) bond motifs is 3. The molecule has 1 heterocycles. The molecule has 1 amide bonds. The van der Waals surface area contributed by atoms with Crippen LogP contribution in [0.5, 0.6) is 0 Å². The zero-order valence-corrected chi connectivity index (χ0v) is 15.6. The molecule has 26 heavy (non-hydrogen) atoms. The van der Waals surface area contributed by atoms with Gasteiger partial charge in [0, 0.05) is 26.2 Å². The summed E-state index contributed by atoms with van der Waals surface area (Å²) in [5.41, 5.74) is 2.00. The number of nitrogens with zero attached hydrogens (tertiary/aromatic N) is 2. The van der Waals surface area contributed by atoms with Crippen molar-refractivity contribution in [2.75, 3.05) is 18.5 Å². The average molecular weight is 355 g/mol. The third-order valence-corrected chi connectivity index (χ3v) is 6.11. The van der Waals surface area contributed by atoms with E-state index in [2.05, 4.69) is 20.9 Å². The molecule has 4 rings (SSSR count). The molecule has 0 radical (unpaired) electrons. The van der Waals surface area contributed by atoms with Gasteiger partial charge in [-0.15, -0.1) is 0 Å². The van der Waals surface area contributed by atoms with Crippen molar-refractivity contribution in [3.8, 4) is 0 Å². The van der Waals surface area contributed by atoms with Crippen molar-refractivity contribution in [2.45, 2.75) is 52.0 Å². The number of amides is 1. The first-order valence-electron chi connectivity index (χ1n) is 10.1. The average Bonchev–Trinajstić information content (AvgIpc) is 3.33. The van der Waals surface area contributed by atoms with E-state index in [0.29, 0.717) is 18.3 Å². The molecule has 3 atom stereocenters. The predicted octanol–water partition coefficient (Wildman–Crippen LogP) is 4.23. The van der Waals surface area contributed by atoms with Crippen LogP contribution in [0.15, 0.2) is 24.3 Å². The largest absolute Gasteiger partial charge is 0.382 e. The van der Waals surface area contributed by atoms with Gasteiger partial charge in [0.05, 0.1) is 11.0 Å². The number of benzene rings is 1. The highest BCUT2D eigenvalue weighted by molar-refractivity contribution is 5.91. The van der Waals surface area contributed by atoms with Gasteiger partial charge >= 0.3 is 0 Å². The van der Waals surface area contributed by atoms with Gasteiger partial charge in [-0.3, -0.25) is 10.1 Å². The lowest BCUT2D eigenvalue weighted by Crippen LogP contribution is -2.22. The zero-order valence-electron chi connectivity index (χ0n) is 15.6. The Kier molecular flexibility index (Phi) is 5.25. The number of hydrogen-bond acceptors (Lipinski definition) is 3. The Hall–Kier alpha value is -1.88. The van der Waals surface area contributed by atoms with Crippen molar-refractivity contribution in [3.05, 3.63) is 24.3 Å². The van der Waals surface area contributed by atoms with Gasteiger partial charge in [-0.25, -0.2) is 4.98 Å². The summed E-state index contributed by atoms with van der Waals surface area (Å²) in [6.07, 6.45) is 6.82. The maximum Gasteiger partial charge on any atom is 0.226 e. The van der Waals surface area contributed by atoms with Gasteiger partial charge in [0.15, 0.2) is 0 Å². The minimum Gasteiger partial charge on any atom is -0.382 e. The molecule has 140 valence electrons. The van der Waals surface area contributed by atoms with Crippen LogP contribution in [0.2, 0.25) is 0 Å². The molecular weight excluding hydrogens is 326 g/mol. The number of para-hydroxylation sites is 2. The molecule has 0 aliphatic heterocycles. The van der Waals surface area contributed by atoms with Gasteiger partial charge in [-0.2, -0.15) is 0 Å². The summed E-state index contributed by atoms with van der Waals surface area (Å²) in [7, 11) is 0. The second kappa shape index (κ2) is 7.78. The summed E-state index contributed by atoms with van der Waals surface area (Å²) in [6.45, 7) is 4.26. The second-order valence-corrected chi connectivity index (χ2v) is 7.81. The van der Waals surface area contributed by atoms with E-state index in [0.717, 1.165) is 49.0 Å². The lowest BCUT2D eigenvalue weighted by atomic mass is 9.86. The highest BCUT2D eigenvalue weighted by Gasteiger charge is 2.40. The highest BCUT2D eigenvalue weighted by atomic mass is 16.5. The Bertz CT molecular complexity index is 770. The molecular formula is C21H29N3O2. The van der Waals surface area contributed by atoms with Gasteiger partial charge in [0.2, 0.25) is 11.9 Å². The molecule has 2 aliphatic rings. The fraction of sp³-hybridized carbons (Fsp3) is 0.619. The van der Waals surface area contributed by atoms with Gasteiger partial charge < -0.3 is 9.30 Å². The third-order valence-electron chi connectivity index (χ3n) is 6.11. The number of hydrogen-bond donors (Lipinski definition) is 1. The quantitative estimate of drug-likeness (QED) is 0.721. The Labute approximate surface area is 155 Å². The summed E-state index contributed by atoms with van der Waals surface area (Å²) >= 11 is 0. The molecule has 2 aliphatic carbocycles. The number of carbonyl (C=O) groups is 1. The van der Waals surface area contributed by atoms with Crippen molar-refractivity contribution in [3.63, 3.8) is 0 Å². The van der Waals surface area contributed by atoms with Crippen LogP contribution in [0.4, 0.5) is 5.95 Å². The molecule has 2 fully saturated rings. The molecule has 5 nitrogen and oxygen atoms in total. The van der Waals surface area contributed by atoms with E-state index in [-0.39, 0.29) is 5.91 Å². The fourth-order valence-electron chi connectivity index (χ4n) is 4.91. The van der Waals surface area contributed by atoms with E-state index >= 15 is 0 Å². The summed E-state index contributed by atoms with van der Waals surface area (Å²) in [6, 6.07) is 8.07. The van der Waals surface area contributed by atoms with Gasteiger partial charge in [0.25, 0.3) is 0 Å². The summed E-state index contributed by atoms with van der Waals surface area (Å²) in [5, 5.41) is 3.10. The van der Waals surface area contributed by atoms with E-state index in [4.69, 9.17) is 4.74 Å². The Morgan fingerprint density at radius 3 is 2.96 bits per heavy atom. The van der Waals surface area contributed by atoms with Crippen molar-refractivity contribution < 1.29 is 9.53 Å². The van der Waals surface area contributed by atoms with Crippen LogP contribution >= 0.6 is 0 Å². The minimum absolute atomic E-state index is 0.115. The van der Waals surface area contributed by atoms with Crippen LogP contribution in [0.1, 0.15) is 45.4 Å². The lowest BCUT2D eigenvalue weighted by Gasteiger charge is -2.20. The van der Waals surface area contributed by atoms with Crippen LogP contribution < -0.4 is 5.32 Å². The Morgan fingerprint density at radius 1 is 1.31 bits per heavy atom. The Balaban J connectivity index is 1.45. The summed E-state index contributed by atoms with van der Waals surface area (Å²) in [4.78, 5) is 17.3. The van der Waals surface area contributed by atoms with Crippen molar-refractivity contribution >= 4 is 22.9 Å². The number of aromatic nitrogens is 2. The number of carbonyl (C=O) groups excluding carboxylic acids is 1. The van der Waals surface area contributed by atoms with Crippen molar-refractivity contribution in [1.82, 2.24) is 9.55 Å². The molecule has 2 saturated carbocycles. The molecule has 5 heteroatoms. The molecule has 0 saturated heterocycles. The number of imidazole rings is 1. The Morgan fingerprint density at radius 2 is 2.19 bits per heavy atom. The topological polar surface area (TPSA) is 56.1 Å².